The lowest BCUT2D eigenvalue weighted by Crippen LogP contribution is -2.39. The van der Waals surface area contributed by atoms with Gasteiger partial charge in [-0.3, -0.25) is 14.0 Å². The van der Waals surface area contributed by atoms with Crippen LogP contribution in [0.1, 0.15) is 31.0 Å². The highest BCUT2D eigenvalue weighted by Gasteiger charge is 2.16. The maximum absolute atomic E-state index is 12.1. The van der Waals surface area contributed by atoms with Crippen molar-refractivity contribution in [3.8, 4) is 5.82 Å². The molecule has 0 bridgehead atoms. The van der Waals surface area contributed by atoms with Crippen molar-refractivity contribution in [3.05, 3.63) is 47.9 Å². The molecule has 3 aromatic rings. The first-order chi connectivity index (χ1) is 13.8. The van der Waals surface area contributed by atoms with Gasteiger partial charge in [0.05, 0.1) is 5.69 Å². The Morgan fingerprint density at radius 2 is 2.10 bits per heavy atom. The molecular formula is C19H24N6O3S. The number of aryl methyl sites for hydroxylation is 2. The van der Waals surface area contributed by atoms with Crippen LogP contribution in [-0.2, 0) is 22.1 Å². The Hall–Kier alpha value is -2.98. The zero-order chi connectivity index (χ0) is 21.0. The maximum Gasteiger partial charge on any atom is 0.301 e. The molecule has 0 spiro atoms. The largest absolute Gasteiger partial charge is 0.301 e. The first-order valence-corrected chi connectivity index (χ1v) is 10.8. The van der Waals surface area contributed by atoms with Gasteiger partial charge in [-0.2, -0.15) is 18.2 Å². The van der Waals surface area contributed by atoms with E-state index in [4.69, 9.17) is 0 Å². The summed E-state index contributed by atoms with van der Waals surface area (Å²) < 4.78 is 31.7. The summed E-state index contributed by atoms with van der Waals surface area (Å²) in [6, 6.07) is 5.77. The van der Waals surface area contributed by atoms with E-state index < -0.39 is 16.1 Å². The lowest BCUT2D eigenvalue weighted by molar-refractivity contribution is -0.114. The van der Waals surface area contributed by atoms with Crippen LogP contribution in [0.15, 0.2) is 36.7 Å². The first-order valence-electron chi connectivity index (χ1n) is 9.28. The van der Waals surface area contributed by atoms with Crippen molar-refractivity contribution in [3.63, 3.8) is 0 Å². The van der Waals surface area contributed by atoms with Crippen LogP contribution in [0.2, 0.25) is 0 Å². The number of unbranched alkanes of at least 4 members (excludes halogenated alkanes) is 1. The molecule has 2 N–H and O–H groups in total. The molecule has 3 aromatic heterocycles. The number of carbonyl (C=O) groups excluding carboxylic acids is 1. The van der Waals surface area contributed by atoms with Gasteiger partial charge >= 0.3 is 10.2 Å². The van der Waals surface area contributed by atoms with E-state index in [1.54, 1.807) is 24.0 Å². The van der Waals surface area contributed by atoms with Crippen molar-refractivity contribution in [2.45, 2.75) is 26.7 Å². The van der Waals surface area contributed by atoms with Gasteiger partial charge in [-0.15, -0.1) is 0 Å². The number of nitrogens with one attached hydrogen (secondary N) is 2. The fraction of sp³-hybridized carbons (Fsp3) is 0.316. The number of pyridine rings is 1. The van der Waals surface area contributed by atoms with Crippen LogP contribution in [0.5, 0.6) is 0 Å². The number of carbonyl (C=O) groups is 1. The third-order valence-electron chi connectivity index (χ3n) is 4.37. The van der Waals surface area contributed by atoms with Gasteiger partial charge in [-0.25, -0.2) is 9.71 Å². The van der Waals surface area contributed by atoms with Gasteiger partial charge in [0.1, 0.15) is 11.5 Å². The Morgan fingerprint density at radius 1 is 1.31 bits per heavy atom. The molecule has 0 radical (unpaired) electrons. The minimum atomic E-state index is -3.88. The summed E-state index contributed by atoms with van der Waals surface area (Å²) >= 11 is 0. The van der Waals surface area contributed by atoms with E-state index in [1.165, 1.54) is 6.08 Å². The predicted molar refractivity (Wildman–Crippen MR) is 112 cm³/mol. The van der Waals surface area contributed by atoms with Crippen molar-refractivity contribution in [2.75, 3.05) is 6.54 Å². The van der Waals surface area contributed by atoms with Crippen LogP contribution in [-0.4, -0.2) is 40.2 Å². The second-order valence-corrected chi connectivity index (χ2v) is 8.10. The first kappa shape index (κ1) is 20.7. The second kappa shape index (κ2) is 8.58. The van der Waals surface area contributed by atoms with Crippen LogP contribution in [0.3, 0.4) is 0 Å². The molecule has 0 fully saturated rings. The SMILES string of the molecule is CCCCNS(=O)(=O)NC(=O)/C=C/c1c(C)nn(C)c1-n1ccc2cccnc21. The summed E-state index contributed by atoms with van der Waals surface area (Å²) in [5.41, 5.74) is 2.16. The molecule has 9 nitrogen and oxygen atoms in total. The fourth-order valence-electron chi connectivity index (χ4n) is 3.03. The van der Waals surface area contributed by atoms with E-state index in [1.807, 2.05) is 47.5 Å². The number of rotatable bonds is 8. The van der Waals surface area contributed by atoms with Crippen molar-refractivity contribution >= 4 is 33.2 Å². The zero-order valence-corrected chi connectivity index (χ0v) is 17.4. The predicted octanol–water partition coefficient (Wildman–Crippen LogP) is 1.83. The van der Waals surface area contributed by atoms with Gasteiger partial charge in [0.2, 0.25) is 0 Å². The fourth-order valence-corrected chi connectivity index (χ4v) is 3.84. The van der Waals surface area contributed by atoms with Crippen molar-refractivity contribution in [1.29, 1.82) is 0 Å². The van der Waals surface area contributed by atoms with Crippen LogP contribution >= 0.6 is 0 Å². The van der Waals surface area contributed by atoms with E-state index in [-0.39, 0.29) is 6.54 Å². The van der Waals surface area contributed by atoms with Gasteiger partial charge in [0, 0.05) is 43.0 Å². The van der Waals surface area contributed by atoms with Crippen molar-refractivity contribution in [2.24, 2.45) is 7.05 Å². The van der Waals surface area contributed by atoms with Gasteiger partial charge in [0.25, 0.3) is 5.91 Å². The molecule has 0 aliphatic rings. The Balaban J connectivity index is 1.86. The average Bonchev–Trinajstić information content (AvgIpc) is 3.19. The molecule has 10 heteroatoms. The molecule has 1 amide bonds. The number of hydrogen-bond acceptors (Lipinski definition) is 5. The smallest absolute Gasteiger partial charge is 0.285 e. The van der Waals surface area contributed by atoms with Gasteiger partial charge in [-0.05, 0) is 37.6 Å². The summed E-state index contributed by atoms with van der Waals surface area (Å²) in [7, 11) is -2.08. The van der Waals surface area contributed by atoms with Crippen molar-refractivity contribution in [1.82, 2.24) is 28.8 Å². The normalized spacial score (nSPS) is 12.1. The lowest BCUT2D eigenvalue weighted by atomic mass is 10.2. The highest BCUT2D eigenvalue weighted by Crippen LogP contribution is 2.24. The molecule has 3 heterocycles. The van der Waals surface area contributed by atoms with Crippen LogP contribution in [0.4, 0.5) is 0 Å². The van der Waals surface area contributed by atoms with E-state index >= 15 is 0 Å². The minimum absolute atomic E-state index is 0.280. The summed E-state index contributed by atoms with van der Waals surface area (Å²) in [6.07, 6.45) is 7.88. The molecule has 0 unspecified atom stereocenters. The van der Waals surface area contributed by atoms with E-state index in [2.05, 4.69) is 14.8 Å². The molecular weight excluding hydrogens is 392 g/mol. The Bertz CT molecular complexity index is 1160. The Morgan fingerprint density at radius 3 is 2.86 bits per heavy atom. The molecule has 154 valence electrons. The van der Waals surface area contributed by atoms with Crippen molar-refractivity contribution < 1.29 is 13.2 Å². The Labute approximate surface area is 169 Å². The standard InChI is InChI=1S/C19H24N6O3S/c1-4-5-12-21-29(27,28)23-17(26)9-8-16-14(2)22-24(3)19(16)25-13-10-15-7-6-11-20-18(15)25/h6-11,13,21H,4-5,12H2,1-3H3,(H,23,26)/b9-8+. The molecule has 0 saturated heterocycles. The third-order valence-corrected chi connectivity index (χ3v) is 5.43. The topological polar surface area (TPSA) is 111 Å². The number of amides is 1. The third kappa shape index (κ3) is 4.72. The number of nitrogens with zero attached hydrogens (tertiary/aromatic N) is 4. The molecule has 0 aliphatic heterocycles. The monoisotopic (exact) mass is 416 g/mol. The van der Waals surface area contributed by atoms with Crippen LogP contribution in [0.25, 0.3) is 22.9 Å². The second-order valence-electron chi connectivity index (χ2n) is 6.60. The molecule has 0 saturated carbocycles. The lowest BCUT2D eigenvalue weighted by Gasteiger charge is -2.07. The Kier molecular flexibility index (Phi) is 6.14. The quantitative estimate of drug-likeness (QED) is 0.430. The summed E-state index contributed by atoms with van der Waals surface area (Å²) in [4.78, 5) is 16.5. The van der Waals surface area contributed by atoms with E-state index in [0.717, 1.165) is 23.3 Å². The van der Waals surface area contributed by atoms with Gasteiger partial charge in [-0.1, -0.05) is 13.3 Å². The maximum atomic E-state index is 12.1. The highest BCUT2D eigenvalue weighted by atomic mass is 32.2. The zero-order valence-electron chi connectivity index (χ0n) is 16.6. The van der Waals surface area contributed by atoms with Crippen LogP contribution < -0.4 is 9.44 Å². The molecule has 0 aliphatic carbocycles. The molecule has 0 aromatic carbocycles. The van der Waals surface area contributed by atoms with Gasteiger partial charge < -0.3 is 0 Å². The highest BCUT2D eigenvalue weighted by molar-refractivity contribution is 7.88. The van der Waals surface area contributed by atoms with Crippen LogP contribution in [0, 0.1) is 6.92 Å². The molecule has 3 rings (SSSR count). The van der Waals surface area contributed by atoms with E-state index in [0.29, 0.717) is 17.7 Å². The summed E-state index contributed by atoms with van der Waals surface area (Å²) in [5, 5.41) is 5.41. The molecule has 0 atom stereocenters. The van der Waals surface area contributed by atoms with Gasteiger partial charge in [0.15, 0.2) is 0 Å². The minimum Gasteiger partial charge on any atom is -0.285 e. The average molecular weight is 417 g/mol. The summed E-state index contributed by atoms with van der Waals surface area (Å²) in [5.74, 6) is -0.0112. The number of aromatic nitrogens is 4. The van der Waals surface area contributed by atoms with E-state index in [9.17, 15) is 13.2 Å². The number of fused-ring (bicyclic) bond motifs is 1. The number of hydrogen-bond donors (Lipinski definition) is 2. The molecule has 29 heavy (non-hydrogen) atoms. The summed E-state index contributed by atoms with van der Waals surface area (Å²) in [6.45, 7) is 4.05.